The van der Waals surface area contributed by atoms with Crippen LogP contribution in [-0.4, -0.2) is 65.5 Å². The number of carboxylic acids is 1. The number of aromatic nitrogens is 1. The summed E-state index contributed by atoms with van der Waals surface area (Å²) in [6.07, 6.45) is -6.44. The van der Waals surface area contributed by atoms with Crippen LogP contribution in [-0.2, 0) is 26.9 Å². The van der Waals surface area contributed by atoms with Crippen molar-refractivity contribution in [2.45, 2.75) is 57.0 Å². The van der Waals surface area contributed by atoms with E-state index in [4.69, 9.17) is 9.47 Å². The van der Waals surface area contributed by atoms with Gasteiger partial charge < -0.3 is 19.9 Å². The molecule has 0 aliphatic carbocycles. The number of nitrogens with zero attached hydrogens (tertiary/aromatic N) is 2. The van der Waals surface area contributed by atoms with Crippen LogP contribution in [0.15, 0.2) is 59.5 Å². The molecule has 7 rings (SSSR count). The zero-order valence-electron chi connectivity index (χ0n) is 29.1. The number of aryl methyl sites for hydroxylation is 2. The number of carbonyl (C=O) groups is 2. The van der Waals surface area contributed by atoms with Crippen molar-refractivity contribution in [3.8, 4) is 22.6 Å². The number of likely N-dealkylation sites (tertiary alicyclic amines) is 1. The Balaban J connectivity index is 1.45. The van der Waals surface area contributed by atoms with Gasteiger partial charge in [-0.15, -0.1) is 0 Å². The van der Waals surface area contributed by atoms with E-state index in [1.807, 2.05) is 13.0 Å². The average molecular weight is 756 g/mol. The lowest BCUT2D eigenvalue weighted by Gasteiger charge is -2.34. The number of nitrogens with one attached hydrogen (secondary N) is 1. The summed E-state index contributed by atoms with van der Waals surface area (Å²) in [5.74, 6) is -4.17. The van der Waals surface area contributed by atoms with E-state index in [1.54, 1.807) is 17.0 Å². The molecule has 0 radical (unpaired) electrons. The van der Waals surface area contributed by atoms with Crippen LogP contribution >= 0.6 is 0 Å². The number of carboxylic acid groups (broad SMARTS) is 1. The number of hydrogen-bond acceptors (Lipinski definition) is 6. The number of halogens is 6. The van der Waals surface area contributed by atoms with Crippen LogP contribution in [0, 0.1) is 25.5 Å². The lowest BCUT2D eigenvalue weighted by atomic mass is 9.88. The first-order chi connectivity index (χ1) is 25.6. The molecule has 0 spiro atoms. The minimum Gasteiger partial charge on any atom is -0.481 e. The molecule has 284 valence electrons. The van der Waals surface area contributed by atoms with Gasteiger partial charge in [0.1, 0.15) is 35.3 Å². The number of aliphatic carboxylic acids is 1. The molecule has 1 amide bonds. The predicted octanol–water partition coefficient (Wildman–Crippen LogP) is 6.77. The quantitative estimate of drug-likeness (QED) is 0.201. The third kappa shape index (κ3) is 7.21. The van der Waals surface area contributed by atoms with Crippen molar-refractivity contribution < 1.29 is 50.5 Å². The summed E-state index contributed by atoms with van der Waals surface area (Å²) >= 11 is 0. The fourth-order valence-electron chi connectivity index (χ4n) is 7.32. The molecule has 0 unspecified atom stereocenters. The Morgan fingerprint density at radius 1 is 0.981 bits per heavy atom. The molecule has 4 aromatic rings. The maximum Gasteiger partial charge on any atom is 0.416 e. The second kappa shape index (κ2) is 14.3. The predicted molar refractivity (Wildman–Crippen MR) is 183 cm³/mol. The maximum atomic E-state index is 16.1. The average Bonchev–Trinajstić information content (AvgIpc) is 3.04. The highest BCUT2D eigenvalue weighted by Crippen LogP contribution is 2.43. The minimum absolute atomic E-state index is 0.000294. The van der Waals surface area contributed by atoms with Gasteiger partial charge in [0.2, 0.25) is 5.91 Å². The summed E-state index contributed by atoms with van der Waals surface area (Å²) in [5.41, 5.74) is -1.10. The molecular formula is C39H35F6N3O6. The lowest BCUT2D eigenvalue weighted by molar-refractivity contribution is -0.139. The van der Waals surface area contributed by atoms with E-state index in [0.717, 1.165) is 23.9 Å². The van der Waals surface area contributed by atoms with Crippen molar-refractivity contribution >= 4 is 11.9 Å². The Kier molecular flexibility index (Phi) is 9.81. The molecule has 3 aliphatic rings. The number of hydrogen-bond donors (Lipinski definition) is 2. The number of benzene rings is 3. The second-order valence-corrected chi connectivity index (χ2v) is 14.1. The molecule has 3 aromatic carbocycles. The van der Waals surface area contributed by atoms with Crippen LogP contribution in [0.5, 0.6) is 11.5 Å². The zero-order chi connectivity index (χ0) is 38.6. The van der Waals surface area contributed by atoms with Gasteiger partial charge in [-0.3, -0.25) is 23.9 Å². The van der Waals surface area contributed by atoms with Crippen molar-refractivity contribution in [3.05, 3.63) is 116 Å². The van der Waals surface area contributed by atoms with Gasteiger partial charge in [-0.1, -0.05) is 6.07 Å². The molecule has 9 nitrogen and oxygen atoms in total. The van der Waals surface area contributed by atoms with Crippen LogP contribution in [0.3, 0.4) is 0 Å². The second-order valence-electron chi connectivity index (χ2n) is 14.1. The van der Waals surface area contributed by atoms with Crippen molar-refractivity contribution in [1.29, 1.82) is 0 Å². The monoisotopic (exact) mass is 755 g/mol. The Morgan fingerprint density at radius 2 is 1.72 bits per heavy atom. The van der Waals surface area contributed by atoms with Crippen LogP contribution in [0.4, 0.5) is 26.3 Å². The largest absolute Gasteiger partial charge is 0.481 e. The first kappa shape index (κ1) is 37.2. The fourth-order valence-corrected chi connectivity index (χ4v) is 7.32. The molecule has 3 aliphatic heterocycles. The fraction of sp³-hybridized carbons (Fsp3) is 0.359. The highest BCUT2D eigenvalue weighted by Gasteiger charge is 2.38. The Morgan fingerprint density at radius 3 is 2.37 bits per heavy atom. The van der Waals surface area contributed by atoms with E-state index in [-0.39, 0.29) is 54.6 Å². The molecule has 2 saturated heterocycles. The normalized spacial score (nSPS) is 19.3. The summed E-state index contributed by atoms with van der Waals surface area (Å²) < 4.78 is 101. The van der Waals surface area contributed by atoms with E-state index in [1.165, 1.54) is 19.1 Å². The van der Waals surface area contributed by atoms with Gasteiger partial charge in [0.15, 0.2) is 0 Å². The van der Waals surface area contributed by atoms with Crippen molar-refractivity contribution in [3.63, 3.8) is 0 Å². The molecule has 4 bridgehead atoms. The highest BCUT2D eigenvalue weighted by atomic mass is 19.4. The smallest absolute Gasteiger partial charge is 0.416 e. The van der Waals surface area contributed by atoms with Crippen LogP contribution < -0.4 is 15.6 Å². The van der Waals surface area contributed by atoms with Gasteiger partial charge in [0.05, 0.1) is 31.2 Å². The van der Waals surface area contributed by atoms with E-state index in [9.17, 15) is 37.1 Å². The standard InChI is InChI=1S/C39H35F6N3O6/c1-19-7-22(24-17-53-18-24)10-32-35(19)23-8-20(2)36(42)28(9-23)31(13-34(50)51)46-38(52)37(27-11-26(54-32)3-4-30(27)41)48-14-21(5-6-47-15-25(40)16-47)29(12-33(48)49)39(43,44)45/h3-4,7-12,14,24-25,31,37H,5-6,13,15-18H2,1-2H3,(H,46,52)(H,50,51)/t31-,37+/m0/s1. The Bertz CT molecular complexity index is 2210. The molecule has 4 heterocycles. The first-order valence-corrected chi connectivity index (χ1v) is 17.3. The molecule has 2 fully saturated rings. The number of alkyl halides is 4. The number of amides is 1. The summed E-state index contributed by atoms with van der Waals surface area (Å²) in [6, 6.07) is 6.75. The molecule has 54 heavy (non-hydrogen) atoms. The molecule has 15 heteroatoms. The summed E-state index contributed by atoms with van der Waals surface area (Å²) in [6.45, 7) is 4.24. The highest BCUT2D eigenvalue weighted by molar-refractivity contribution is 5.85. The topological polar surface area (TPSA) is 110 Å². The van der Waals surface area contributed by atoms with Gasteiger partial charge >= 0.3 is 12.1 Å². The lowest BCUT2D eigenvalue weighted by Crippen LogP contribution is -2.49. The number of fused-ring (bicyclic) bond motifs is 6. The molecule has 2 atom stereocenters. The van der Waals surface area contributed by atoms with E-state index in [0.29, 0.717) is 40.5 Å². The molecule has 1 aromatic heterocycles. The maximum absolute atomic E-state index is 16.1. The van der Waals surface area contributed by atoms with Crippen LogP contribution in [0.2, 0.25) is 0 Å². The Hall–Kier alpha value is -5.15. The molecule has 0 saturated carbocycles. The number of pyridine rings is 1. The van der Waals surface area contributed by atoms with E-state index < -0.39 is 76.6 Å². The summed E-state index contributed by atoms with van der Waals surface area (Å²) in [5, 5.41) is 12.4. The molecule has 2 N–H and O–H groups in total. The zero-order valence-corrected chi connectivity index (χ0v) is 29.1. The number of carbonyl (C=O) groups excluding carboxylic acids is 1. The summed E-state index contributed by atoms with van der Waals surface area (Å²) in [7, 11) is 0. The third-order valence-corrected chi connectivity index (χ3v) is 10.2. The van der Waals surface area contributed by atoms with Crippen molar-refractivity contribution in [2.75, 3.05) is 32.8 Å². The van der Waals surface area contributed by atoms with Crippen molar-refractivity contribution in [1.82, 2.24) is 14.8 Å². The third-order valence-electron chi connectivity index (χ3n) is 10.2. The van der Waals surface area contributed by atoms with E-state index >= 15 is 8.78 Å². The summed E-state index contributed by atoms with van der Waals surface area (Å²) in [4.78, 5) is 41.8. The Labute approximate surface area is 305 Å². The minimum atomic E-state index is -4.99. The first-order valence-electron chi connectivity index (χ1n) is 17.3. The SMILES string of the molecule is Cc1cc2cc(c1F)[C@H](CC(=O)O)NC(=O)[C@H](n1cc(CCN3CC(F)C3)c(C(F)(F)F)cc1=O)c1cc(ccc1F)Oc1cc(C3COC3)cc(C)c1-2. The number of ether oxygens (including phenoxy) is 2. The van der Waals surface area contributed by atoms with Crippen LogP contribution in [0.1, 0.15) is 63.4 Å². The van der Waals surface area contributed by atoms with Crippen LogP contribution in [0.25, 0.3) is 11.1 Å². The van der Waals surface area contributed by atoms with Gasteiger partial charge in [-0.2, -0.15) is 13.2 Å². The molecular weight excluding hydrogens is 720 g/mol. The van der Waals surface area contributed by atoms with Gasteiger partial charge in [0, 0.05) is 54.5 Å². The van der Waals surface area contributed by atoms with E-state index in [2.05, 4.69) is 5.32 Å². The van der Waals surface area contributed by atoms with Gasteiger partial charge in [-0.05, 0) is 84.5 Å². The number of rotatable bonds is 7. The van der Waals surface area contributed by atoms with Gasteiger partial charge in [0.25, 0.3) is 5.56 Å². The van der Waals surface area contributed by atoms with Gasteiger partial charge in [-0.25, -0.2) is 13.2 Å². The van der Waals surface area contributed by atoms with Crippen molar-refractivity contribution in [2.24, 2.45) is 0 Å².